The van der Waals surface area contributed by atoms with Crippen molar-refractivity contribution in [3.63, 3.8) is 0 Å². The topological polar surface area (TPSA) is 64.3 Å². The molecule has 126 valence electrons. The maximum Gasteiger partial charge on any atom is 0.246 e. The summed E-state index contributed by atoms with van der Waals surface area (Å²) < 4.78 is 5.26. The normalized spacial score (nSPS) is 11.9. The van der Waals surface area contributed by atoms with E-state index in [-0.39, 0.29) is 31.0 Å². The van der Waals surface area contributed by atoms with Gasteiger partial charge in [-0.15, -0.1) is 12.4 Å². The van der Waals surface area contributed by atoms with Crippen molar-refractivity contribution in [2.75, 3.05) is 19.8 Å². The Kier molecular flexibility index (Phi) is 10.9. The van der Waals surface area contributed by atoms with E-state index in [0.717, 1.165) is 18.4 Å². The fourth-order valence-corrected chi connectivity index (χ4v) is 1.93. The van der Waals surface area contributed by atoms with Crippen LogP contribution >= 0.6 is 12.4 Å². The quantitative estimate of drug-likeness (QED) is 0.684. The first-order valence-corrected chi connectivity index (χ1v) is 7.74. The lowest BCUT2D eigenvalue weighted by atomic mass is 9.99. The Hall–Kier alpha value is -1.10. The fourth-order valence-electron chi connectivity index (χ4n) is 1.93. The van der Waals surface area contributed by atoms with Crippen LogP contribution in [0, 0.1) is 0 Å². The molecule has 0 saturated carbocycles. The van der Waals surface area contributed by atoms with Gasteiger partial charge >= 0.3 is 0 Å². The van der Waals surface area contributed by atoms with Crippen LogP contribution in [0.4, 0.5) is 0 Å². The number of amides is 1. The van der Waals surface area contributed by atoms with Gasteiger partial charge in [0.1, 0.15) is 6.61 Å². The van der Waals surface area contributed by atoms with Crippen molar-refractivity contribution in [1.82, 2.24) is 5.32 Å². The Morgan fingerprint density at radius 3 is 2.36 bits per heavy atom. The number of hydrogen-bond donors (Lipinski definition) is 2. The number of halogens is 1. The highest BCUT2D eigenvalue weighted by molar-refractivity contribution is 5.85. The van der Waals surface area contributed by atoms with E-state index >= 15 is 0 Å². The van der Waals surface area contributed by atoms with Gasteiger partial charge in [-0.2, -0.15) is 0 Å². The zero-order chi connectivity index (χ0) is 15.7. The molecular formula is C17H29ClN2O2. The van der Waals surface area contributed by atoms with Gasteiger partial charge in [0.05, 0.1) is 0 Å². The smallest absolute Gasteiger partial charge is 0.246 e. The van der Waals surface area contributed by atoms with Crippen LogP contribution in [-0.4, -0.2) is 25.7 Å². The molecule has 1 aromatic carbocycles. The molecule has 0 aliphatic rings. The summed E-state index contributed by atoms with van der Waals surface area (Å²) in [5.74, 6) is 0.399. The van der Waals surface area contributed by atoms with E-state index in [1.54, 1.807) is 0 Å². The molecule has 0 bridgehead atoms. The molecule has 0 aliphatic carbocycles. The zero-order valence-electron chi connectivity index (χ0n) is 13.8. The number of rotatable bonds is 9. The number of carbonyl (C=O) groups is 1. The van der Waals surface area contributed by atoms with E-state index in [4.69, 9.17) is 10.5 Å². The monoisotopic (exact) mass is 328 g/mol. The van der Waals surface area contributed by atoms with E-state index in [9.17, 15) is 4.79 Å². The Balaban J connectivity index is 0.00000441. The van der Waals surface area contributed by atoms with Gasteiger partial charge in [0.2, 0.25) is 5.91 Å². The van der Waals surface area contributed by atoms with Crippen molar-refractivity contribution in [2.24, 2.45) is 5.73 Å². The summed E-state index contributed by atoms with van der Waals surface area (Å²) in [6, 6.07) is 8.06. The molecule has 5 heteroatoms. The molecule has 4 nitrogen and oxygen atoms in total. The number of unbranched alkanes of at least 4 members (excludes halogenated alkanes) is 1. The summed E-state index contributed by atoms with van der Waals surface area (Å²) in [7, 11) is 0. The Morgan fingerprint density at radius 2 is 1.82 bits per heavy atom. The minimum atomic E-state index is -0.189. The highest BCUT2D eigenvalue weighted by atomic mass is 35.5. The highest BCUT2D eigenvalue weighted by Gasteiger charge is 2.09. The maximum atomic E-state index is 11.6. The molecule has 1 unspecified atom stereocenters. The summed E-state index contributed by atoms with van der Waals surface area (Å²) >= 11 is 0. The van der Waals surface area contributed by atoms with Crippen molar-refractivity contribution in [3.8, 4) is 0 Å². The molecule has 0 radical (unpaired) electrons. The van der Waals surface area contributed by atoms with Crippen LogP contribution in [0.15, 0.2) is 24.3 Å². The lowest BCUT2D eigenvalue weighted by Gasteiger charge is -2.14. The summed E-state index contributed by atoms with van der Waals surface area (Å²) in [5.41, 5.74) is 8.42. The number of benzene rings is 1. The van der Waals surface area contributed by atoms with Crippen LogP contribution in [-0.2, 0) is 9.53 Å². The van der Waals surface area contributed by atoms with Crippen LogP contribution < -0.4 is 11.1 Å². The molecule has 0 aromatic heterocycles. The van der Waals surface area contributed by atoms with Gasteiger partial charge in [-0.25, -0.2) is 0 Å². The second-order valence-electron chi connectivity index (χ2n) is 5.64. The third-order valence-electron chi connectivity index (χ3n) is 3.43. The second-order valence-corrected chi connectivity index (χ2v) is 5.64. The molecule has 0 saturated heterocycles. The number of nitrogens with one attached hydrogen (secondary N) is 1. The summed E-state index contributed by atoms with van der Waals surface area (Å²) in [6.07, 6.45) is 2.05. The van der Waals surface area contributed by atoms with Crippen LogP contribution in [0.5, 0.6) is 0 Å². The number of hydrogen-bond acceptors (Lipinski definition) is 3. The van der Waals surface area contributed by atoms with E-state index in [1.807, 2.05) is 12.1 Å². The van der Waals surface area contributed by atoms with Crippen molar-refractivity contribution in [1.29, 1.82) is 0 Å². The summed E-state index contributed by atoms with van der Waals surface area (Å²) in [5, 5.41) is 2.81. The maximum absolute atomic E-state index is 11.6. The van der Waals surface area contributed by atoms with Crippen molar-refractivity contribution in [2.45, 2.75) is 45.6 Å². The molecular weight excluding hydrogens is 300 g/mol. The van der Waals surface area contributed by atoms with Gasteiger partial charge in [0, 0.05) is 19.2 Å². The van der Waals surface area contributed by atoms with Gasteiger partial charge < -0.3 is 15.8 Å². The minimum Gasteiger partial charge on any atom is -0.372 e. The Bertz CT molecular complexity index is 421. The molecule has 0 fully saturated rings. The summed E-state index contributed by atoms with van der Waals surface area (Å²) in [6.45, 7) is 7.58. The van der Waals surface area contributed by atoms with Crippen molar-refractivity contribution >= 4 is 18.3 Å². The largest absolute Gasteiger partial charge is 0.372 e. The molecule has 3 N–H and O–H groups in total. The molecule has 1 amide bonds. The SMILES string of the molecule is CCCCOCC(=O)NCC(N)c1ccc(C(C)C)cc1.Cl. The molecule has 0 heterocycles. The average molecular weight is 329 g/mol. The zero-order valence-corrected chi connectivity index (χ0v) is 14.6. The molecule has 1 atom stereocenters. The second kappa shape index (κ2) is 11.5. The van der Waals surface area contributed by atoms with E-state index < -0.39 is 0 Å². The lowest BCUT2D eigenvalue weighted by molar-refractivity contribution is -0.125. The van der Waals surface area contributed by atoms with Crippen molar-refractivity contribution in [3.05, 3.63) is 35.4 Å². The molecule has 1 rings (SSSR count). The first kappa shape index (κ1) is 20.9. The van der Waals surface area contributed by atoms with Crippen LogP contribution in [0.2, 0.25) is 0 Å². The number of ether oxygens (including phenoxy) is 1. The fraction of sp³-hybridized carbons (Fsp3) is 0.588. The third-order valence-corrected chi connectivity index (χ3v) is 3.43. The predicted molar refractivity (Wildman–Crippen MR) is 93.4 cm³/mol. The first-order chi connectivity index (χ1) is 10.0. The minimum absolute atomic E-state index is 0. The van der Waals surface area contributed by atoms with Gasteiger partial charge in [0.15, 0.2) is 0 Å². The third kappa shape index (κ3) is 7.78. The molecule has 0 aliphatic heterocycles. The molecule has 0 spiro atoms. The standard InChI is InChI=1S/C17H28N2O2.ClH/c1-4-5-10-21-12-17(20)19-11-16(18)15-8-6-14(7-9-15)13(2)3;/h6-9,13,16H,4-5,10-12,18H2,1-3H3,(H,19,20);1H. The Morgan fingerprint density at radius 1 is 1.23 bits per heavy atom. The van der Waals surface area contributed by atoms with Crippen molar-refractivity contribution < 1.29 is 9.53 Å². The predicted octanol–water partition coefficient (Wildman–Crippen LogP) is 3.16. The first-order valence-electron chi connectivity index (χ1n) is 7.74. The van der Waals surface area contributed by atoms with Gasteiger partial charge in [-0.1, -0.05) is 51.5 Å². The molecule has 22 heavy (non-hydrogen) atoms. The Labute approximate surface area is 140 Å². The van der Waals surface area contributed by atoms with E-state index in [1.165, 1.54) is 5.56 Å². The highest BCUT2D eigenvalue weighted by Crippen LogP contribution is 2.17. The molecule has 1 aromatic rings. The number of carbonyl (C=O) groups excluding carboxylic acids is 1. The summed E-state index contributed by atoms with van der Waals surface area (Å²) in [4.78, 5) is 11.6. The van der Waals surface area contributed by atoms with E-state index in [2.05, 4.69) is 38.2 Å². The van der Waals surface area contributed by atoms with Crippen LogP contribution in [0.25, 0.3) is 0 Å². The lowest BCUT2D eigenvalue weighted by Crippen LogP contribution is -2.34. The van der Waals surface area contributed by atoms with Gasteiger partial charge in [-0.05, 0) is 23.5 Å². The number of nitrogens with two attached hydrogens (primary N) is 1. The average Bonchev–Trinajstić information content (AvgIpc) is 2.49. The van der Waals surface area contributed by atoms with Crippen LogP contribution in [0.1, 0.15) is 56.7 Å². The van der Waals surface area contributed by atoms with Crippen LogP contribution in [0.3, 0.4) is 0 Å². The van der Waals surface area contributed by atoms with Gasteiger partial charge in [-0.3, -0.25) is 4.79 Å². The van der Waals surface area contributed by atoms with Gasteiger partial charge in [0.25, 0.3) is 0 Å². The van der Waals surface area contributed by atoms with E-state index in [0.29, 0.717) is 19.1 Å².